The van der Waals surface area contributed by atoms with Gasteiger partial charge in [0.2, 0.25) is 0 Å². The molecule has 3 aromatic rings. The minimum absolute atomic E-state index is 0.0809. The molecular formula is C29H32O7. The Balaban J connectivity index is 1.57. The summed E-state index contributed by atoms with van der Waals surface area (Å²) in [6.45, 7) is 2.08. The standard InChI is InChI=1S/C29H32O7/c1-21(30)32-20-25-26(33-17-22-11-5-2-6-12-22)27(34-18-23-13-7-3-8-14-23)28(29(31)36-25)35-19-24-15-9-4-10-16-24/h2-16,25-29,31H,17-20H2,1H3/t25?,26-,27?,28+,29-/m1/s1. The second-order valence-corrected chi connectivity index (χ2v) is 8.65. The van der Waals surface area contributed by atoms with Crippen molar-refractivity contribution in [2.24, 2.45) is 0 Å². The van der Waals surface area contributed by atoms with Crippen LogP contribution in [0.3, 0.4) is 0 Å². The van der Waals surface area contributed by atoms with Crippen molar-refractivity contribution in [3.05, 3.63) is 108 Å². The summed E-state index contributed by atoms with van der Waals surface area (Å²) >= 11 is 0. The van der Waals surface area contributed by atoms with Gasteiger partial charge >= 0.3 is 5.97 Å². The van der Waals surface area contributed by atoms with Gasteiger partial charge in [-0.05, 0) is 16.7 Å². The first kappa shape index (κ1) is 26.0. The van der Waals surface area contributed by atoms with Crippen LogP contribution in [0.1, 0.15) is 23.6 Å². The van der Waals surface area contributed by atoms with Gasteiger partial charge in [-0.3, -0.25) is 4.79 Å². The summed E-state index contributed by atoms with van der Waals surface area (Å²) in [7, 11) is 0. The highest BCUT2D eigenvalue weighted by molar-refractivity contribution is 5.65. The van der Waals surface area contributed by atoms with E-state index in [2.05, 4.69) is 0 Å². The van der Waals surface area contributed by atoms with Gasteiger partial charge in [-0.25, -0.2) is 0 Å². The highest BCUT2D eigenvalue weighted by Crippen LogP contribution is 2.30. The molecule has 0 radical (unpaired) electrons. The lowest BCUT2D eigenvalue weighted by Gasteiger charge is -2.44. The number of hydrogen-bond donors (Lipinski definition) is 1. The number of hydrogen-bond acceptors (Lipinski definition) is 7. The highest BCUT2D eigenvalue weighted by Gasteiger charge is 2.48. The van der Waals surface area contributed by atoms with Crippen LogP contribution in [0.5, 0.6) is 0 Å². The Kier molecular flexibility index (Phi) is 9.61. The summed E-state index contributed by atoms with van der Waals surface area (Å²) in [6, 6.07) is 29.2. The molecule has 190 valence electrons. The van der Waals surface area contributed by atoms with Gasteiger partial charge in [0, 0.05) is 6.92 Å². The normalized spacial score (nSPS) is 23.8. The fourth-order valence-electron chi connectivity index (χ4n) is 4.10. The minimum atomic E-state index is -1.30. The minimum Gasteiger partial charge on any atom is -0.463 e. The van der Waals surface area contributed by atoms with Crippen LogP contribution < -0.4 is 0 Å². The van der Waals surface area contributed by atoms with Gasteiger partial charge in [0.15, 0.2) is 6.29 Å². The zero-order chi connectivity index (χ0) is 25.2. The number of carbonyl (C=O) groups is 1. The summed E-state index contributed by atoms with van der Waals surface area (Å²) in [4.78, 5) is 11.5. The summed E-state index contributed by atoms with van der Waals surface area (Å²) in [5, 5.41) is 10.9. The first-order valence-corrected chi connectivity index (χ1v) is 12.0. The third-order valence-corrected chi connectivity index (χ3v) is 5.92. The maximum Gasteiger partial charge on any atom is 0.302 e. The fraction of sp³-hybridized carbons (Fsp3) is 0.345. The van der Waals surface area contributed by atoms with Crippen LogP contribution in [-0.4, -0.2) is 48.4 Å². The van der Waals surface area contributed by atoms with Crippen LogP contribution in [0.4, 0.5) is 0 Å². The largest absolute Gasteiger partial charge is 0.463 e. The number of benzene rings is 3. The molecule has 1 aliphatic heterocycles. The predicted octanol–water partition coefficient (Wildman–Crippen LogP) is 4.02. The number of aliphatic hydroxyl groups is 1. The van der Waals surface area contributed by atoms with Crippen molar-refractivity contribution >= 4 is 5.97 Å². The third kappa shape index (κ3) is 7.46. The van der Waals surface area contributed by atoms with Gasteiger partial charge in [-0.15, -0.1) is 0 Å². The average molecular weight is 493 g/mol. The van der Waals surface area contributed by atoms with Crippen molar-refractivity contribution in [1.29, 1.82) is 0 Å². The van der Waals surface area contributed by atoms with E-state index in [1.165, 1.54) is 6.92 Å². The molecule has 1 fully saturated rings. The predicted molar refractivity (Wildman–Crippen MR) is 133 cm³/mol. The van der Waals surface area contributed by atoms with Gasteiger partial charge in [0.05, 0.1) is 19.8 Å². The zero-order valence-electron chi connectivity index (χ0n) is 20.3. The van der Waals surface area contributed by atoms with Crippen molar-refractivity contribution < 1.29 is 33.6 Å². The van der Waals surface area contributed by atoms with E-state index in [0.29, 0.717) is 0 Å². The molecule has 0 aliphatic carbocycles. The molecule has 0 spiro atoms. The van der Waals surface area contributed by atoms with Crippen molar-refractivity contribution in [1.82, 2.24) is 0 Å². The smallest absolute Gasteiger partial charge is 0.302 e. The van der Waals surface area contributed by atoms with E-state index >= 15 is 0 Å². The lowest BCUT2D eigenvalue weighted by Crippen LogP contribution is -2.61. The summed E-state index contributed by atoms with van der Waals surface area (Å²) in [6.07, 6.45) is -4.24. The van der Waals surface area contributed by atoms with Gasteiger partial charge in [-0.2, -0.15) is 0 Å². The van der Waals surface area contributed by atoms with E-state index in [4.69, 9.17) is 23.7 Å². The van der Waals surface area contributed by atoms with Crippen molar-refractivity contribution in [2.75, 3.05) is 6.61 Å². The molecule has 3 aromatic carbocycles. The Morgan fingerprint density at radius 2 is 1.11 bits per heavy atom. The van der Waals surface area contributed by atoms with Crippen LogP contribution in [0.15, 0.2) is 91.0 Å². The first-order chi connectivity index (χ1) is 17.6. The molecule has 36 heavy (non-hydrogen) atoms. The molecule has 1 saturated heterocycles. The topological polar surface area (TPSA) is 83.5 Å². The summed E-state index contributed by atoms with van der Waals surface area (Å²) in [5.74, 6) is -0.445. The molecular weight excluding hydrogens is 460 g/mol. The molecule has 7 heteroatoms. The fourth-order valence-corrected chi connectivity index (χ4v) is 4.10. The van der Waals surface area contributed by atoms with E-state index in [1.807, 2.05) is 91.0 Å². The van der Waals surface area contributed by atoms with Gasteiger partial charge in [0.25, 0.3) is 0 Å². The van der Waals surface area contributed by atoms with E-state index in [9.17, 15) is 9.90 Å². The van der Waals surface area contributed by atoms with Crippen LogP contribution in [0.25, 0.3) is 0 Å². The maximum absolute atomic E-state index is 11.5. The van der Waals surface area contributed by atoms with Crippen LogP contribution in [-0.2, 0) is 48.3 Å². The second-order valence-electron chi connectivity index (χ2n) is 8.65. The molecule has 4 rings (SSSR count). The molecule has 1 N–H and O–H groups in total. The van der Waals surface area contributed by atoms with Crippen LogP contribution in [0, 0.1) is 0 Å². The third-order valence-electron chi connectivity index (χ3n) is 5.92. The zero-order valence-corrected chi connectivity index (χ0v) is 20.3. The van der Waals surface area contributed by atoms with Gasteiger partial charge in [-0.1, -0.05) is 91.0 Å². The Morgan fingerprint density at radius 1 is 0.694 bits per heavy atom. The Hall–Kier alpha value is -3.07. The van der Waals surface area contributed by atoms with Crippen LogP contribution in [0.2, 0.25) is 0 Å². The summed E-state index contributed by atoms with van der Waals surface area (Å²) in [5.41, 5.74) is 2.90. The maximum atomic E-state index is 11.5. The molecule has 0 amide bonds. The Morgan fingerprint density at radius 3 is 1.56 bits per heavy atom. The van der Waals surface area contributed by atoms with Crippen LogP contribution >= 0.6 is 0 Å². The Bertz CT molecular complexity index is 1040. The van der Waals surface area contributed by atoms with Gasteiger partial charge in [0.1, 0.15) is 31.0 Å². The SMILES string of the molecule is CC(=O)OCC1O[C@@H](O)[C@@H](OCc2ccccc2)C(OCc2ccccc2)[C@@H]1OCc1ccccc1. The number of ether oxygens (including phenoxy) is 5. The number of rotatable bonds is 11. The number of carbonyl (C=O) groups excluding carboxylic acids is 1. The number of esters is 1. The van der Waals surface area contributed by atoms with Crippen molar-refractivity contribution in [3.8, 4) is 0 Å². The number of aliphatic hydroxyl groups excluding tert-OH is 1. The molecule has 7 nitrogen and oxygen atoms in total. The van der Waals surface area contributed by atoms with E-state index in [0.717, 1.165) is 16.7 Å². The molecule has 2 unspecified atom stereocenters. The lowest BCUT2D eigenvalue weighted by molar-refractivity contribution is -0.315. The monoisotopic (exact) mass is 492 g/mol. The highest BCUT2D eigenvalue weighted by atomic mass is 16.7. The molecule has 0 bridgehead atoms. The molecule has 1 heterocycles. The molecule has 0 aromatic heterocycles. The van der Waals surface area contributed by atoms with E-state index < -0.39 is 36.7 Å². The Labute approximate surface area is 211 Å². The summed E-state index contributed by atoms with van der Waals surface area (Å²) < 4.78 is 29.9. The van der Waals surface area contributed by atoms with Crippen molar-refractivity contribution in [2.45, 2.75) is 57.5 Å². The van der Waals surface area contributed by atoms with E-state index in [-0.39, 0.29) is 26.4 Å². The van der Waals surface area contributed by atoms with E-state index in [1.54, 1.807) is 0 Å². The first-order valence-electron chi connectivity index (χ1n) is 12.0. The quantitative estimate of drug-likeness (QED) is 0.405. The molecule has 5 atom stereocenters. The lowest BCUT2D eigenvalue weighted by atomic mass is 9.98. The molecule has 0 saturated carbocycles. The molecule has 1 aliphatic rings. The van der Waals surface area contributed by atoms with Crippen molar-refractivity contribution in [3.63, 3.8) is 0 Å². The average Bonchev–Trinajstić information content (AvgIpc) is 2.91. The van der Waals surface area contributed by atoms with Gasteiger partial charge < -0.3 is 28.8 Å². The second kappa shape index (κ2) is 13.3.